The van der Waals surface area contributed by atoms with Crippen molar-refractivity contribution in [3.63, 3.8) is 0 Å². The Bertz CT molecular complexity index is 805. The first-order valence-corrected chi connectivity index (χ1v) is 9.46. The summed E-state index contributed by atoms with van der Waals surface area (Å²) < 4.78 is 36.5. The predicted octanol–water partition coefficient (Wildman–Crippen LogP) is 1.27. The molecule has 3 amide bonds. The number of carbonyl (C=O) groups is 2. The Morgan fingerprint density at radius 2 is 2.00 bits per heavy atom. The molecule has 1 aromatic rings. The van der Waals surface area contributed by atoms with Gasteiger partial charge in [-0.1, -0.05) is 41.9 Å². The number of benzene rings is 1. The maximum absolute atomic E-state index is 12.2. The molecule has 27 heavy (non-hydrogen) atoms. The Labute approximate surface area is 184 Å². The van der Waals surface area contributed by atoms with Crippen LogP contribution in [0.15, 0.2) is 41.6 Å². The fourth-order valence-electron chi connectivity index (χ4n) is 2.24. The molecule has 1 aromatic carbocycles. The van der Waals surface area contributed by atoms with E-state index in [-0.39, 0.29) is 54.4 Å². The van der Waals surface area contributed by atoms with Gasteiger partial charge in [0.2, 0.25) is 0 Å². The van der Waals surface area contributed by atoms with Crippen LogP contribution in [0, 0.1) is 0 Å². The van der Waals surface area contributed by atoms with Crippen molar-refractivity contribution in [3.8, 4) is 0 Å². The van der Waals surface area contributed by atoms with E-state index in [1.54, 1.807) is 31.2 Å². The minimum absolute atomic E-state index is 0. The Balaban J connectivity index is 0.00000364. The van der Waals surface area contributed by atoms with Crippen LogP contribution in [-0.2, 0) is 21.4 Å². The van der Waals surface area contributed by atoms with E-state index in [9.17, 15) is 18.0 Å². The first-order valence-electron chi connectivity index (χ1n) is 7.58. The summed E-state index contributed by atoms with van der Waals surface area (Å²) in [6, 6.07) is 8.21. The molecular weight excluding hydrogens is 409 g/mol. The molecule has 0 saturated heterocycles. The molecule has 0 aliphatic carbocycles. The summed E-state index contributed by atoms with van der Waals surface area (Å²) in [6.45, 7) is 1.74. The normalized spacial score (nSPS) is 16.7. The monoisotopic (exact) mass is 427 g/mol. The van der Waals surface area contributed by atoms with Gasteiger partial charge in [-0.25, -0.2) is 9.59 Å². The molecule has 12 heteroatoms. The second kappa shape index (κ2) is 10.3. The van der Waals surface area contributed by atoms with E-state index in [1.807, 2.05) is 6.07 Å². The summed E-state index contributed by atoms with van der Waals surface area (Å²) in [6.07, 6.45) is 0.404. The molecule has 2 N–H and O–H groups in total. The van der Waals surface area contributed by atoms with Crippen molar-refractivity contribution in [3.05, 3.63) is 47.1 Å². The first kappa shape index (κ1) is 23.7. The van der Waals surface area contributed by atoms with Crippen molar-refractivity contribution in [2.75, 3.05) is 13.3 Å². The molecule has 9 nitrogen and oxygen atoms in total. The number of nitrogens with one attached hydrogen (secondary N) is 1. The van der Waals surface area contributed by atoms with Crippen LogP contribution < -0.4 is 5.32 Å². The van der Waals surface area contributed by atoms with E-state index in [4.69, 9.17) is 20.9 Å². The third-order valence-corrected chi connectivity index (χ3v) is 4.82. The van der Waals surface area contributed by atoms with Crippen LogP contribution in [0.5, 0.6) is 0 Å². The number of hydrogen-bond acceptors (Lipinski definition) is 5. The molecule has 1 heterocycles. The van der Waals surface area contributed by atoms with Gasteiger partial charge in [-0.3, -0.25) is 14.4 Å². The topological polar surface area (TPSA) is 116 Å². The number of carbonyl (C=O) groups excluding carboxylic acids is 2. The van der Waals surface area contributed by atoms with Crippen molar-refractivity contribution >= 4 is 63.4 Å². The Morgan fingerprint density at radius 1 is 1.37 bits per heavy atom. The van der Waals surface area contributed by atoms with Crippen molar-refractivity contribution in [1.29, 1.82) is 0 Å². The van der Waals surface area contributed by atoms with Crippen LogP contribution in [-0.4, -0.2) is 83.1 Å². The number of urea groups is 1. The zero-order valence-electron chi connectivity index (χ0n) is 13.8. The summed E-state index contributed by atoms with van der Waals surface area (Å²) >= 11 is 5.84. The SMILES string of the molecule is CCOC(=O)N(Cc1ccccc1)CN1C=C(Cl)C(S(=O)(=O)O)NC1=O.[NaH]. The van der Waals surface area contributed by atoms with E-state index in [2.05, 4.69) is 5.32 Å². The van der Waals surface area contributed by atoms with Crippen LogP contribution in [0.25, 0.3) is 0 Å². The second-order valence-corrected chi connectivity index (χ2v) is 7.29. The summed E-state index contributed by atoms with van der Waals surface area (Å²) in [4.78, 5) is 26.6. The fraction of sp³-hybridized carbons (Fsp3) is 0.333. The molecule has 0 saturated carbocycles. The minimum atomic E-state index is -4.60. The molecule has 1 aliphatic heterocycles. The Kier molecular flexibility index (Phi) is 9.06. The van der Waals surface area contributed by atoms with Crippen molar-refractivity contribution in [2.24, 2.45) is 0 Å². The van der Waals surface area contributed by atoms with Gasteiger partial charge in [0.15, 0.2) is 5.37 Å². The average molecular weight is 428 g/mol. The molecular formula is C15H19ClN3NaO6S. The molecule has 0 spiro atoms. The van der Waals surface area contributed by atoms with E-state index < -0.39 is 27.6 Å². The van der Waals surface area contributed by atoms with Crippen LogP contribution in [0.2, 0.25) is 0 Å². The summed E-state index contributed by atoms with van der Waals surface area (Å²) in [5, 5.41) is 0.0188. The maximum atomic E-state index is 12.2. The fourth-order valence-corrected chi connectivity index (χ4v) is 3.34. The molecule has 0 fully saturated rings. The van der Waals surface area contributed by atoms with Gasteiger partial charge < -0.3 is 10.1 Å². The van der Waals surface area contributed by atoms with E-state index in [0.29, 0.717) is 0 Å². The van der Waals surface area contributed by atoms with Crippen molar-refractivity contribution in [1.82, 2.24) is 15.1 Å². The number of ether oxygens (including phenoxy) is 1. The Morgan fingerprint density at radius 3 is 2.56 bits per heavy atom. The van der Waals surface area contributed by atoms with Crippen molar-refractivity contribution in [2.45, 2.75) is 18.8 Å². The van der Waals surface area contributed by atoms with E-state index in [0.717, 1.165) is 16.7 Å². The van der Waals surface area contributed by atoms with Crippen LogP contribution in [0.1, 0.15) is 12.5 Å². The Hall–Kier alpha value is -1.30. The van der Waals surface area contributed by atoms with Crippen LogP contribution >= 0.6 is 11.6 Å². The van der Waals surface area contributed by atoms with Gasteiger partial charge in [-0.2, -0.15) is 8.42 Å². The first-order chi connectivity index (χ1) is 12.2. The third-order valence-electron chi connectivity index (χ3n) is 3.41. The van der Waals surface area contributed by atoms with Gasteiger partial charge in [-0.05, 0) is 12.5 Å². The van der Waals surface area contributed by atoms with E-state index >= 15 is 0 Å². The quantitative estimate of drug-likeness (QED) is 0.521. The van der Waals surface area contributed by atoms with Crippen LogP contribution in [0.3, 0.4) is 0 Å². The molecule has 1 atom stereocenters. The predicted molar refractivity (Wildman–Crippen MR) is 101 cm³/mol. The van der Waals surface area contributed by atoms with Crippen molar-refractivity contribution < 1.29 is 27.3 Å². The van der Waals surface area contributed by atoms with Gasteiger partial charge in [0.05, 0.1) is 18.2 Å². The van der Waals surface area contributed by atoms with Crippen LogP contribution in [0.4, 0.5) is 9.59 Å². The second-order valence-electron chi connectivity index (χ2n) is 5.35. The number of nitrogens with zero attached hydrogens (tertiary/aromatic N) is 2. The van der Waals surface area contributed by atoms with Gasteiger partial charge >= 0.3 is 41.7 Å². The number of hydrogen-bond donors (Lipinski definition) is 2. The zero-order chi connectivity index (χ0) is 19.3. The standard InChI is InChI=1S/C15H18ClN3O6S.Na.H/c1-2-25-15(21)19(8-11-6-4-3-5-7-11)10-18-9-12(16)13(17-14(18)20)26(22,23)24;;/h3-7,9,13H,2,8,10H2,1H3,(H,17,20)(H,22,23,24);;. The molecule has 1 aliphatic rings. The third kappa shape index (κ3) is 6.66. The van der Waals surface area contributed by atoms with Gasteiger partial charge in [0.1, 0.15) is 6.67 Å². The summed E-state index contributed by atoms with van der Waals surface area (Å²) in [5.74, 6) is 0. The van der Waals surface area contributed by atoms with Gasteiger partial charge in [0.25, 0.3) is 10.1 Å². The van der Waals surface area contributed by atoms with E-state index in [1.165, 1.54) is 4.90 Å². The zero-order valence-corrected chi connectivity index (χ0v) is 15.4. The molecule has 1 unspecified atom stereocenters. The molecule has 0 bridgehead atoms. The number of amides is 3. The molecule has 0 radical (unpaired) electrons. The summed E-state index contributed by atoms with van der Waals surface area (Å²) in [7, 11) is -4.60. The molecule has 144 valence electrons. The number of halogens is 1. The van der Waals surface area contributed by atoms with Gasteiger partial charge in [0, 0.05) is 6.20 Å². The molecule has 2 rings (SSSR count). The average Bonchev–Trinajstić information content (AvgIpc) is 2.57. The molecule has 0 aromatic heterocycles. The summed E-state index contributed by atoms with van der Waals surface area (Å²) in [5.41, 5.74) is 0.809. The van der Waals surface area contributed by atoms with Gasteiger partial charge in [-0.15, -0.1) is 0 Å². The number of rotatable bonds is 6.